The van der Waals surface area contributed by atoms with Crippen LogP contribution in [0.4, 0.5) is 10.5 Å². The average Bonchev–Trinajstić information content (AvgIpc) is 2.89. The lowest BCUT2D eigenvalue weighted by Crippen LogP contribution is -2.54. The number of rotatable bonds is 9. The second kappa shape index (κ2) is 11.8. The Bertz CT molecular complexity index is 1340. The van der Waals surface area contributed by atoms with Crippen LogP contribution in [0.2, 0.25) is 10.0 Å². The average molecular weight is 541 g/mol. The number of imide groups is 2. The SMILES string of the molecule is COc1cc(/C=C2/C(=O)NC(=O)N(c3ccc(Cl)cc3)C2=O)ccc1OCCCOc1ccc(Cl)cc1. The third-order valence-corrected chi connectivity index (χ3v) is 5.82. The maximum Gasteiger partial charge on any atom is 0.335 e. The Morgan fingerprint density at radius 1 is 0.838 bits per heavy atom. The molecule has 0 atom stereocenters. The maximum atomic E-state index is 13.0. The number of nitrogens with one attached hydrogen (secondary N) is 1. The highest BCUT2D eigenvalue weighted by molar-refractivity contribution is 6.39. The van der Waals surface area contributed by atoms with Crippen LogP contribution in [-0.2, 0) is 9.59 Å². The number of barbiturate groups is 1. The predicted octanol–water partition coefficient (Wildman–Crippen LogP) is 5.52. The Morgan fingerprint density at radius 2 is 1.49 bits per heavy atom. The van der Waals surface area contributed by atoms with Crippen LogP contribution in [0.25, 0.3) is 6.08 Å². The Kier molecular flexibility index (Phi) is 8.32. The highest BCUT2D eigenvalue weighted by atomic mass is 35.5. The molecule has 1 aliphatic rings. The number of carbonyl (C=O) groups is 3. The van der Waals surface area contributed by atoms with E-state index in [0.29, 0.717) is 46.7 Å². The molecule has 3 aromatic rings. The van der Waals surface area contributed by atoms with Crippen molar-refractivity contribution in [1.29, 1.82) is 0 Å². The summed E-state index contributed by atoms with van der Waals surface area (Å²) in [5.41, 5.74) is 0.593. The molecular formula is C27H22Cl2N2O6. The molecule has 1 heterocycles. The summed E-state index contributed by atoms with van der Waals surface area (Å²) in [7, 11) is 1.49. The summed E-state index contributed by atoms with van der Waals surface area (Å²) in [6.07, 6.45) is 2.01. The molecule has 3 aromatic carbocycles. The molecule has 0 aliphatic carbocycles. The number of urea groups is 1. The van der Waals surface area contributed by atoms with E-state index in [-0.39, 0.29) is 11.3 Å². The molecule has 37 heavy (non-hydrogen) atoms. The largest absolute Gasteiger partial charge is 0.493 e. The molecule has 0 radical (unpaired) electrons. The number of hydrogen-bond acceptors (Lipinski definition) is 6. The number of carbonyl (C=O) groups excluding carboxylic acids is 3. The first-order valence-corrected chi connectivity index (χ1v) is 12.0. The van der Waals surface area contributed by atoms with Gasteiger partial charge in [-0.2, -0.15) is 0 Å². The van der Waals surface area contributed by atoms with Gasteiger partial charge in [0.25, 0.3) is 11.8 Å². The summed E-state index contributed by atoms with van der Waals surface area (Å²) in [6.45, 7) is 0.831. The van der Waals surface area contributed by atoms with Crippen molar-refractivity contribution >= 4 is 52.8 Å². The van der Waals surface area contributed by atoms with E-state index >= 15 is 0 Å². The molecule has 4 rings (SSSR count). The van der Waals surface area contributed by atoms with Gasteiger partial charge in [0.1, 0.15) is 11.3 Å². The van der Waals surface area contributed by atoms with Crippen LogP contribution in [-0.4, -0.2) is 38.2 Å². The fourth-order valence-corrected chi connectivity index (χ4v) is 3.76. The van der Waals surface area contributed by atoms with Crippen molar-refractivity contribution in [3.05, 3.63) is 87.9 Å². The second-order valence-electron chi connectivity index (χ2n) is 7.85. The number of benzene rings is 3. The fraction of sp³-hybridized carbons (Fsp3) is 0.148. The van der Waals surface area contributed by atoms with E-state index in [9.17, 15) is 14.4 Å². The van der Waals surface area contributed by atoms with Gasteiger partial charge in [-0.15, -0.1) is 0 Å². The third kappa shape index (κ3) is 6.41. The van der Waals surface area contributed by atoms with Gasteiger partial charge in [-0.3, -0.25) is 14.9 Å². The second-order valence-corrected chi connectivity index (χ2v) is 8.72. The molecular weight excluding hydrogens is 519 g/mol. The lowest BCUT2D eigenvalue weighted by Gasteiger charge is -2.26. The summed E-state index contributed by atoms with van der Waals surface area (Å²) in [5.74, 6) is 0.0871. The molecule has 0 bridgehead atoms. The summed E-state index contributed by atoms with van der Waals surface area (Å²) >= 11 is 11.8. The fourth-order valence-electron chi connectivity index (χ4n) is 3.50. The maximum absolute atomic E-state index is 13.0. The number of amides is 4. The van der Waals surface area contributed by atoms with Crippen LogP contribution in [0.3, 0.4) is 0 Å². The molecule has 1 saturated heterocycles. The van der Waals surface area contributed by atoms with E-state index in [1.165, 1.54) is 25.3 Å². The van der Waals surface area contributed by atoms with Crippen LogP contribution in [0, 0.1) is 0 Å². The van der Waals surface area contributed by atoms with E-state index in [4.69, 9.17) is 37.4 Å². The van der Waals surface area contributed by atoms with Crippen molar-refractivity contribution in [1.82, 2.24) is 5.32 Å². The Hall–Kier alpha value is -4.01. The van der Waals surface area contributed by atoms with Crippen molar-refractivity contribution in [3.63, 3.8) is 0 Å². The minimum atomic E-state index is -0.837. The minimum Gasteiger partial charge on any atom is -0.493 e. The van der Waals surface area contributed by atoms with Gasteiger partial charge in [0, 0.05) is 16.5 Å². The van der Waals surface area contributed by atoms with Crippen molar-refractivity contribution in [2.24, 2.45) is 0 Å². The summed E-state index contributed by atoms with van der Waals surface area (Å²) < 4.78 is 16.9. The standard InChI is InChI=1S/C27H22Cl2N2O6/c1-35-24-16-17(3-12-23(24)37-14-2-13-36-21-10-6-19(29)7-11-21)15-22-25(32)30-27(34)31(26(22)33)20-8-4-18(28)5-9-20/h3-12,15-16H,2,13-14H2,1H3,(H,30,32,34)/b22-15-. The Balaban J connectivity index is 1.42. The summed E-state index contributed by atoms with van der Waals surface area (Å²) in [4.78, 5) is 38.7. The molecule has 1 fully saturated rings. The monoisotopic (exact) mass is 540 g/mol. The molecule has 4 amide bonds. The van der Waals surface area contributed by atoms with Crippen LogP contribution in [0.5, 0.6) is 17.2 Å². The number of anilines is 1. The van der Waals surface area contributed by atoms with E-state index in [1.54, 1.807) is 54.6 Å². The Morgan fingerprint density at radius 3 is 2.16 bits per heavy atom. The number of nitrogens with zero attached hydrogens (tertiary/aromatic N) is 1. The van der Waals surface area contributed by atoms with Gasteiger partial charge in [-0.05, 0) is 72.3 Å². The third-order valence-electron chi connectivity index (χ3n) is 5.31. The van der Waals surface area contributed by atoms with Crippen LogP contribution in [0.15, 0.2) is 72.3 Å². The molecule has 8 nitrogen and oxygen atoms in total. The zero-order valence-corrected chi connectivity index (χ0v) is 21.2. The number of hydrogen-bond donors (Lipinski definition) is 1. The first-order valence-electron chi connectivity index (χ1n) is 11.2. The minimum absolute atomic E-state index is 0.204. The van der Waals surface area contributed by atoms with Gasteiger partial charge in [0.15, 0.2) is 11.5 Å². The van der Waals surface area contributed by atoms with Gasteiger partial charge in [0.05, 0.1) is 26.0 Å². The van der Waals surface area contributed by atoms with Crippen molar-refractivity contribution in [2.75, 3.05) is 25.2 Å². The van der Waals surface area contributed by atoms with E-state index < -0.39 is 17.8 Å². The molecule has 0 saturated carbocycles. The number of ether oxygens (including phenoxy) is 3. The van der Waals surface area contributed by atoms with E-state index in [0.717, 1.165) is 10.6 Å². The van der Waals surface area contributed by atoms with Gasteiger partial charge in [0.2, 0.25) is 0 Å². The van der Waals surface area contributed by atoms with Crippen LogP contribution in [0.1, 0.15) is 12.0 Å². The normalized spacial score (nSPS) is 14.5. The highest BCUT2D eigenvalue weighted by Gasteiger charge is 2.36. The quantitative estimate of drug-likeness (QED) is 0.218. The lowest BCUT2D eigenvalue weighted by atomic mass is 10.1. The predicted molar refractivity (Wildman–Crippen MR) is 141 cm³/mol. The lowest BCUT2D eigenvalue weighted by molar-refractivity contribution is -0.122. The van der Waals surface area contributed by atoms with Crippen LogP contribution < -0.4 is 24.4 Å². The molecule has 0 spiro atoms. The Labute approximate surface area is 223 Å². The van der Waals surface area contributed by atoms with E-state index in [2.05, 4.69) is 5.32 Å². The molecule has 10 heteroatoms. The first kappa shape index (κ1) is 26.1. The highest BCUT2D eigenvalue weighted by Crippen LogP contribution is 2.30. The molecule has 1 aliphatic heterocycles. The molecule has 190 valence electrons. The molecule has 1 N–H and O–H groups in total. The number of halogens is 2. The van der Waals surface area contributed by atoms with Crippen LogP contribution >= 0.6 is 23.2 Å². The zero-order valence-electron chi connectivity index (χ0n) is 19.7. The van der Waals surface area contributed by atoms with Crippen molar-refractivity contribution in [2.45, 2.75) is 6.42 Å². The topological polar surface area (TPSA) is 94.2 Å². The van der Waals surface area contributed by atoms with E-state index in [1.807, 2.05) is 0 Å². The van der Waals surface area contributed by atoms with Gasteiger partial charge >= 0.3 is 6.03 Å². The van der Waals surface area contributed by atoms with Crippen molar-refractivity contribution in [3.8, 4) is 17.2 Å². The number of methoxy groups -OCH3 is 1. The first-order chi connectivity index (χ1) is 17.9. The zero-order chi connectivity index (χ0) is 26.4. The molecule has 0 aromatic heterocycles. The van der Waals surface area contributed by atoms with Gasteiger partial charge in [-0.1, -0.05) is 29.3 Å². The smallest absolute Gasteiger partial charge is 0.335 e. The summed E-state index contributed by atoms with van der Waals surface area (Å²) in [6, 6.07) is 17.4. The van der Waals surface area contributed by atoms with Gasteiger partial charge < -0.3 is 14.2 Å². The molecule has 0 unspecified atom stereocenters. The van der Waals surface area contributed by atoms with Crippen molar-refractivity contribution < 1.29 is 28.6 Å². The van der Waals surface area contributed by atoms with Gasteiger partial charge in [-0.25, -0.2) is 9.69 Å². The summed E-state index contributed by atoms with van der Waals surface area (Å²) in [5, 5.41) is 3.28.